The zero-order valence-corrected chi connectivity index (χ0v) is 13.1. The van der Waals surface area contributed by atoms with Gasteiger partial charge in [-0.15, -0.1) is 0 Å². The van der Waals surface area contributed by atoms with Gasteiger partial charge in [0.15, 0.2) is 0 Å². The fraction of sp³-hybridized carbons (Fsp3) is 1.00. The van der Waals surface area contributed by atoms with Gasteiger partial charge in [0, 0.05) is 30.4 Å². The summed E-state index contributed by atoms with van der Waals surface area (Å²) in [6.45, 7) is 15.1. The zero-order valence-electron chi connectivity index (χ0n) is 12.3. The summed E-state index contributed by atoms with van der Waals surface area (Å²) in [4.78, 5) is 2.70. The van der Waals surface area contributed by atoms with Gasteiger partial charge in [0.05, 0.1) is 0 Å². The van der Waals surface area contributed by atoms with Crippen LogP contribution in [0.25, 0.3) is 0 Å². The van der Waals surface area contributed by atoms with E-state index in [-0.39, 0.29) is 5.54 Å². The maximum atomic E-state index is 3.67. The zero-order chi connectivity index (χ0) is 12.9. The van der Waals surface area contributed by atoms with Gasteiger partial charge in [-0.1, -0.05) is 13.8 Å². The van der Waals surface area contributed by atoms with Gasteiger partial charge in [-0.25, -0.2) is 0 Å². The van der Waals surface area contributed by atoms with Crippen molar-refractivity contribution in [3.8, 4) is 0 Å². The Bertz CT molecular complexity index is 203. The van der Waals surface area contributed by atoms with Crippen molar-refractivity contribution in [3.05, 3.63) is 0 Å². The Morgan fingerprint density at radius 3 is 2.47 bits per heavy atom. The molecule has 0 aromatic carbocycles. The molecule has 1 unspecified atom stereocenters. The molecule has 1 atom stereocenters. The normalized spacial score (nSPS) is 21.5. The van der Waals surface area contributed by atoms with Crippen LogP contribution in [0.5, 0.6) is 0 Å². The van der Waals surface area contributed by atoms with E-state index in [1.54, 1.807) is 0 Å². The number of rotatable bonds is 4. The minimum Gasteiger partial charge on any atom is -0.311 e. The highest BCUT2D eigenvalue weighted by Gasteiger charge is 2.24. The van der Waals surface area contributed by atoms with E-state index in [0.29, 0.717) is 6.04 Å². The van der Waals surface area contributed by atoms with E-state index in [4.69, 9.17) is 0 Å². The number of hydrogen-bond donors (Lipinski definition) is 1. The lowest BCUT2D eigenvalue weighted by Crippen LogP contribution is -2.50. The molecule has 0 amide bonds. The molecule has 1 aliphatic rings. The smallest absolute Gasteiger partial charge is 0.0244 e. The summed E-state index contributed by atoms with van der Waals surface area (Å²) >= 11 is 2.11. The molecule has 0 aliphatic carbocycles. The average Bonchev–Trinajstić information content (AvgIpc) is 2.44. The fourth-order valence-electron chi connectivity index (χ4n) is 2.29. The van der Waals surface area contributed by atoms with Gasteiger partial charge in [0.2, 0.25) is 0 Å². The first-order chi connectivity index (χ1) is 7.90. The van der Waals surface area contributed by atoms with E-state index in [2.05, 4.69) is 56.6 Å². The molecule has 0 radical (unpaired) electrons. The highest BCUT2D eigenvalue weighted by molar-refractivity contribution is 7.99. The molecule has 17 heavy (non-hydrogen) atoms. The van der Waals surface area contributed by atoms with Crippen molar-refractivity contribution >= 4 is 11.8 Å². The second kappa shape index (κ2) is 7.01. The standard InChI is InChI=1S/C14H30N2S/c1-12(2)13(11-15-14(3,4)5)16-7-6-9-17-10-8-16/h12-13,15H,6-11H2,1-5H3. The third-order valence-corrected chi connectivity index (χ3v) is 4.39. The van der Waals surface area contributed by atoms with Crippen molar-refractivity contribution in [1.82, 2.24) is 10.2 Å². The van der Waals surface area contributed by atoms with Crippen LogP contribution in [0.4, 0.5) is 0 Å². The van der Waals surface area contributed by atoms with E-state index in [0.717, 1.165) is 12.5 Å². The molecule has 1 heterocycles. The predicted octanol–water partition coefficient (Wildman–Crippen LogP) is 2.84. The van der Waals surface area contributed by atoms with Crippen LogP contribution in [-0.2, 0) is 0 Å². The second-order valence-corrected chi connectivity index (χ2v) is 7.67. The Kier molecular flexibility index (Phi) is 6.32. The van der Waals surface area contributed by atoms with Crippen molar-refractivity contribution in [2.45, 2.75) is 52.6 Å². The second-order valence-electron chi connectivity index (χ2n) is 6.44. The van der Waals surface area contributed by atoms with Crippen molar-refractivity contribution in [2.75, 3.05) is 31.1 Å². The van der Waals surface area contributed by atoms with Gasteiger partial charge in [-0.3, -0.25) is 4.90 Å². The Labute approximate surface area is 112 Å². The Morgan fingerprint density at radius 2 is 1.88 bits per heavy atom. The van der Waals surface area contributed by atoms with E-state index >= 15 is 0 Å². The molecule has 0 spiro atoms. The summed E-state index contributed by atoms with van der Waals surface area (Å²) in [5.41, 5.74) is 0.230. The van der Waals surface area contributed by atoms with Gasteiger partial charge in [0.25, 0.3) is 0 Å². The topological polar surface area (TPSA) is 15.3 Å². The van der Waals surface area contributed by atoms with Gasteiger partial charge >= 0.3 is 0 Å². The number of nitrogens with zero attached hydrogens (tertiary/aromatic N) is 1. The predicted molar refractivity (Wildman–Crippen MR) is 79.9 cm³/mol. The molecule has 1 fully saturated rings. The minimum absolute atomic E-state index is 0.230. The van der Waals surface area contributed by atoms with Crippen molar-refractivity contribution in [1.29, 1.82) is 0 Å². The first-order valence-corrected chi connectivity index (χ1v) is 8.12. The molecule has 0 saturated carbocycles. The van der Waals surface area contributed by atoms with Gasteiger partial charge in [0.1, 0.15) is 0 Å². The first-order valence-electron chi connectivity index (χ1n) is 6.97. The summed E-state index contributed by atoms with van der Waals surface area (Å²) < 4.78 is 0. The van der Waals surface area contributed by atoms with Crippen LogP contribution in [0.2, 0.25) is 0 Å². The Morgan fingerprint density at radius 1 is 1.18 bits per heavy atom. The third kappa shape index (κ3) is 6.12. The Balaban J connectivity index is 2.51. The largest absolute Gasteiger partial charge is 0.311 e. The minimum atomic E-state index is 0.230. The lowest BCUT2D eigenvalue weighted by Gasteiger charge is -2.36. The average molecular weight is 258 g/mol. The van der Waals surface area contributed by atoms with Gasteiger partial charge in [-0.2, -0.15) is 11.8 Å². The lowest BCUT2D eigenvalue weighted by molar-refractivity contribution is 0.154. The van der Waals surface area contributed by atoms with Gasteiger partial charge < -0.3 is 5.32 Å². The molecular weight excluding hydrogens is 228 g/mol. The van der Waals surface area contributed by atoms with Crippen LogP contribution in [0.3, 0.4) is 0 Å². The monoisotopic (exact) mass is 258 g/mol. The number of hydrogen-bond acceptors (Lipinski definition) is 3. The van der Waals surface area contributed by atoms with Crippen LogP contribution < -0.4 is 5.32 Å². The third-order valence-electron chi connectivity index (χ3n) is 3.34. The van der Waals surface area contributed by atoms with Crippen LogP contribution in [0.15, 0.2) is 0 Å². The Hall–Kier alpha value is 0.270. The molecule has 1 rings (SSSR count). The molecule has 102 valence electrons. The summed E-state index contributed by atoms with van der Waals surface area (Å²) in [6.07, 6.45) is 1.35. The highest BCUT2D eigenvalue weighted by atomic mass is 32.2. The first kappa shape index (κ1) is 15.3. The number of thioether (sulfide) groups is 1. The highest BCUT2D eigenvalue weighted by Crippen LogP contribution is 2.17. The molecule has 0 bridgehead atoms. The van der Waals surface area contributed by atoms with E-state index in [9.17, 15) is 0 Å². The molecule has 0 aromatic rings. The quantitative estimate of drug-likeness (QED) is 0.835. The maximum absolute atomic E-state index is 3.67. The maximum Gasteiger partial charge on any atom is 0.0244 e. The molecular formula is C14H30N2S. The van der Waals surface area contributed by atoms with Crippen LogP contribution in [0, 0.1) is 5.92 Å². The summed E-state index contributed by atoms with van der Waals surface area (Å²) in [6, 6.07) is 0.688. The van der Waals surface area contributed by atoms with Crippen LogP contribution >= 0.6 is 11.8 Å². The summed E-state index contributed by atoms with van der Waals surface area (Å²) in [5, 5.41) is 3.67. The summed E-state index contributed by atoms with van der Waals surface area (Å²) in [5.74, 6) is 3.38. The van der Waals surface area contributed by atoms with Gasteiger partial charge in [-0.05, 0) is 45.4 Å². The van der Waals surface area contributed by atoms with Crippen LogP contribution in [0.1, 0.15) is 41.0 Å². The SMILES string of the molecule is CC(C)C(CNC(C)(C)C)N1CCCSCC1. The van der Waals surface area contributed by atoms with E-state index < -0.39 is 0 Å². The van der Waals surface area contributed by atoms with E-state index in [1.807, 2.05) is 0 Å². The summed E-state index contributed by atoms with van der Waals surface area (Å²) in [7, 11) is 0. The molecule has 2 nitrogen and oxygen atoms in total. The van der Waals surface area contributed by atoms with Crippen molar-refractivity contribution < 1.29 is 0 Å². The van der Waals surface area contributed by atoms with E-state index in [1.165, 1.54) is 31.0 Å². The molecule has 1 saturated heterocycles. The molecule has 1 N–H and O–H groups in total. The lowest BCUT2D eigenvalue weighted by atomic mass is 10.00. The molecule has 3 heteroatoms. The fourth-order valence-corrected chi connectivity index (χ4v) is 3.20. The van der Waals surface area contributed by atoms with Crippen LogP contribution in [-0.4, -0.2) is 47.6 Å². The number of nitrogens with one attached hydrogen (secondary N) is 1. The molecule has 1 aliphatic heterocycles. The van der Waals surface area contributed by atoms with Crippen molar-refractivity contribution in [2.24, 2.45) is 5.92 Å². The van der Waals surface area contributed by atoms with Crippen molar-refractivity contribution in [3.63, 3.8) is 0 Å². The molecule has 0 aromatic heterocycles.